The van der Waals surface area contributed by atoms with Crippen LogP contribution in [0.1, 0.15) is 26.3 Å². The van der Waals surface area contributed by atoms with E-state index in [4.69, 9.17) is 32.5 Å². The molecule has 0 saturated heterocycles. The van der Waals surface area contributed by atoms with Crippen molar-refractivity contribution in [3.05, 3.63) is 22.7 Å². The summed E-state index contributed by atoms with van der Waals surface area (Å²) in [5.41, 5.74) is 12.6. The molecule has 0 spiro atoms. The topological polar surface area (TPSA) is 70.5 Å². The third-order valence-electron chi connectivity index (χ3n) is 3.66. The third kappa shape index (κ3) is 5.06. The lowest BCUT2D eigenvalue weighted by Crippen LogP contribution is -2.30. The van der Waals surface area contributed by atoms with Crippen molar-refractivity contribution in [2.45, 2.75) is 27.2 Å². The molecule has 0 aromatic heterocycles. The lowest BCUT2D eigenvalue weighted by molar-refractivity contribution is 0.287. The van der Waals surface area contributed by atoms with E-state index in [0.29, 0.717) is 48.9 Å². The summed E-state index contributed by atoms with van der Waals surface area (Å²) in [6.07, 6.45) is 0.824. The fourth-order valence-corrected chi connectivity index (χ4v) is 2.58. The van der Waals surface area contributed by atoms with Crippen LogP contribution in [0.15, 0.2) is 12.1 Å². The van der Waals surface area contributed by atoms with Crippen molar-refractivity contribution < 1.29 is 9.47 Å². The van der Waals surface area contributed by atoms with E-state index in [0.717, 1.165) is 17.7 Å². The van der Waals surface area contributed by atoms with Gasteiger partial charge >= 0.3 is 0 Å². The second-order valence-corrected chi connectivity index (χ2v) is 5.58. The normalized spacial score (nSPS) is 12.5. The van der Waals surface area contributed by atoms with Crippen LogP contribution in [0.4, 0.5) is 0 Å². The van der Waals surface area contributed by atoms with Crippen molar-refractivity contribution in [2.24, 2.45) is 23.3 Å². The van der Waals surface area contributed by atoms with Gasteiger partial charge in [0.15, 0.2) is 11.5 Å². The summed E-state index contributed by atoms with van der Waals surface area (Å²) in [6, 6.07) is 3.80. The predicted molar refractivity (Wildman–Crippen MR) is 88.3 cm³/mol. The van der Waals surface area contributed by atoms with E-state index < -0.39 is 0 Å². The first-order valence-electron chi connectivity index (χ1n) is 7.55. The molecule has 0 aliphatic carbocycles. The van der Waals surface area contributed by atoms with Crippen LogP contribution >= 0.6 is 11.6 Å². The van der Waals surface area contributed by atoms with Crippen molar-refractivity contribution in [1.29, 1.82) is 0 Å². The Bertz CT molecular complexity index is 437. The molecule has 0 fully saturated rings. The van der Waals surface area contributed by atoms with Crippen molar-refractivity contribution in [1.82, 2.24) is 0 Å². The van der Waals surface area contributed by atoms with E-state index >= 15 is 0 Å². The Kier molecular flexibility index (Phi) is 7.86. The third-order valence-corrected chi connectivity index (χ3v) is 4.02. The van der Waals surface area contributed by atoms with Gasteiger partial charge in [-0.3, -0.25) is 0 Å². The van der Waals surface area contributed by atoms with Crippen LogP contribution in [0.3, 0.4) is 0 Å². The van der Waals surface area contributed by atoms with Gasteiger partial charge in [-0.2, -0.15) is 0 Å². The minimum Gasteiger partial charge on any atom is -0.490 e. The number of hydrogen-bond donors (Lipinski definition) is 2. The average molecular weight is 315 g/mol. The first-order chi connectivity index (χ1) is 10.1. The predicted octanol–water partition coefficient (Wildman–Crippen LogP) is 2.85. The maximum atomic E-state index is 6.37. The van der Waals surface area contributed by atoms with Crippen LogP contribution in [0, 0.1) is 11.8 Å². The molecule has 0 saturated carbocycles. The van der Waals surface area contributed by atoms with E-state index in [1.165, 1.54) is 0 Å². The molecular formula is C16H27ClN2O2. The second-order valence-electron chi connectivity index (χ2n) is 5.17. The number of nitrogens with two attached hydrogens (primary N) is 2. The zero-order chi connectivity index (χ0) is 15.8. The van der Waals surface area contributed by atoms with Crippen LogP contribution in [0.2, 0.25) is 5.02 Å². The lowest BCUT2D eigenvalue weighted by atomic mass is 9.88. The number of rotatable bonds is 9. The maximum Gasteiger partial charge on any atom is 0.162 e. The molecule has 0 amide bonds. The zero-order valence-electron chi connectivity index (χ0n) is 13.2. The molecule has 1 rings (SSSR count). The lowest BCUT2D eigenvalue weighted by Gasteiger charge is -2.22. The fourth-order valence-electron chi connectivity index (χ4n) is 2.34. The number of halogens is 1. The molecule has 1 atom stereocenters. The molecule has 1 aromatic rings. The molecule has 0 bridgehead atoms. The summed E-state index contributed by atoms with van der Waals surface area (Å²) in [4.78, 5) is 0. The molecular weight excluding hydrogens is 288 g/mol. The van der Waals surface area contributed by atoms with E-state index in [1.807, 2.05) is 26.0 Å². The van der Waals surface area contributed by atoms with E-state index in [9.17, 15) is 0 Å². The highest BCUT2D eigenvalue weighted by atomic mass is 35.5. The van der Waals surface area contributed by atoms with Crippen molar-refractivity contribution in [2.75, 3.05) is 26.3 Å². The molecule has 0 aliphatic heterocycles. The van der Waals surface area contributed by atoms with E-state index in [1.54, 1.807) is 0 Å². The second kappa shape index (κ2) is 9.13. The van der Waals surface area contributed by atoms with Crippen molar-refractivity contribution in [3.8, 4) is 11.5 Å². The van der Waals surface area contributed by atoms with Crippen LogP contribution < -0.4 is 20.9 Å². The Balaban J connectivity index is 2.98. The average Bonchev–Trinajstić information content (AvgIpc) is 2.45. The summed E-state index contributed by atoms with van der Waals surface area (Å²) in [5, 5.41) is 0.696. The minimum absolute atomic E-state index is 0.295. The molecule has 4 N–H and O–H groups in total. The Labute approximate surface area is 132 Å². The molecule has 1 unspecified atom stereocenters. The summed E-state index contributed by atoms with van der Waals surface area (Å²) in [6.45, 7) is 8.38. The van der Waals surface area contributed by atoms with Crippen LogP contribution in [-0.2, 0) is 6.42 Å². The molecule has 0 heterocycles. The van der Waals surface area contributed by atoms with Gasteiger partial charge in [-0.15, -0.1) is 0 Å². The Morgan fingerprint density at radius 3 is 2.05 bits per heavy atom. The summed E-state index contributed by atoms with van der Waals surface area (Å²) >= 11 is 6.37. The smallest absolute Gasteiger partial charge is 0.162 e. The molecule has 0 radical (unpaired) electrons. The Hall–Kier alpha value is -0.970. The largest absolute Gasteiger partial charge is 0.490 e. The molecule has 0 aliphatic rings. The molecule has 21 heavy (non-hydrogen) atoms. The highest BCUT2D eigenvalue weighted by molar-refractivity contribution is 6.31. The first kappa shape index (κ1) is 18.1. The number of benzene rings is 1. The van der Waals surface area contributed by atoms with Gasteiger partial charge in [-0.05, 0) is 56.8 Å². The molecule has 4 nitrogen and oxygen atoms in total. The van der Waals surface area contributed by atoms with Crippen molar-refractivity contribution >= 4 is 11.6 Å². The van der Waals surface area contributed by atoms with Gasteiger partial charge in [0.2, 0.25) is 0 Å². The van der Waals surface area contributed by atoms with Gasteiger partial charge in [0, 0.05) is 11.1 Å². The van der Waals surface area contributed by atoms with Gasteiger partial charge in [-0.25, -0.2) is 0 Å². The molecule has 120 valence electrons. The SMILES string of the molecule is CCOc1cc(Cl)c(CC(C)C(CN)CN)cc1OCC. The Morgan fingerprint density at radius 1 is 1.05 bits per heavy atom. The van der Waals surface area contributed by atoms with E-state index in [2.05, 4.69) is 6.92 Å². The van der Waals surface area contributed by atoms with E-state index in [-0.39, 0.29) is 0 Å². The minimum atomic E-state index is 0.295. The maximum absolute atomic E-state index is 6.37. The standard InChI is InChI=1S/C16H27ClN2O2/c1-4-20-15-7-12(6-11(3)13(9-18)10-19)14(17)8-16(15)21-5-2/h7-8,11,13H,4-6,9-10,18-19H2,1-3H3. The summed E-state index contributed by atoms with van der Waals surface area (Å²) in [5.74, 6) is 2.09. The van der Waals surface area contributed by atoms with Crippen LogP contribution in [-0.4, -0.2) is 26.3 Å². The van der Waals surface area contributed by atoms with Gasteiger partial charge in [-0.1, -0.05) is 18.5 Å². The summed E-state index contributed by atoms with van der Waals surface area (Å²) < 4.78 is 11.2. The summed E-state index contributed by atoms with van der Waals surface area (Å²) in [7, 11) is 0. The first-order valence-corrected chi connectivity index (χ1v) is 7.93. The highest BCUT2D eigenvalue weighted by Gasteiger charge is 2.18. The van der Waals surface area contributed by atoms with Crippen LogP contribution in [0.5, 0.6) is 11.5 Å². The Morgan fingerprint density at radius 2 is 1.57 bits per heavy atom. The zero-order valence-corrected chi connectivity index (χ0v) is 14.0. The fraction of sp³-hybridized carbons (Fsp3) is 0.625. The molecule has 1 aromatic carbocycles. The highest BCUT2D eigenvalue weighted by Crippen LogP contribution is 2.35. The number of ether oxygens (including phenoxy) is 2. The van der Waals surface area contributed by atoms with Gasteiger partial charge in [0.25, 0.3) is 0 Å². The van der Waals surface area contributed by atoms with Gasteiger partial charge in [0.1, 0.15) is 0 Å². The van der Waals surface area contributed by atoms with Gasteiger partial charge in [0.05, 0.1) is 13.2 Å². The quantitative estimate of drug-likeness (QED) is 0.735. The molecule has 5 heteroatoms. The van der Waals surface area contributed by atoms with Crippen molar-refractivity contribution in [3.63, 3.8) is 0 Å². The van der Waals surface area contributed by atoms with Gasteiger partial charge < -0.3 is 20.9 Å². The van der Waals surface area contributed by atoms with Crippen LogP contribution in [0.25, 0.3) is 0 Å². The number of hydrogen-bond acceptors (Lipinski definition) is 4. The monoisotopic (exact) mass is 314 g/mol.